The average molecular weight is 318 g/mol. The van der Waals surface area contributed by atoms with Crippen LogP contribution in [-0.2, 0) is 9.59 Å². The van der Waals surface area contributed by atoms with Crippen LogP contribution in [0.25, 0.3) is 0 Å². The number of hydrogen-bond donors (Lipinski definition) is 0. The zero-order valence-electron chi connectivity index (χ0n) is 14.1. The van der Waals surface area contributed by atoms with Crippen molar-refractivity contribution in [3.8, 4) is 0 Å². The van der Waals surface area contributed by atoms with Crippen LogP contribution in [0.4, 0.5) is 5.82 Å². The highest BCUT2D eigenvalue weighted by atomic mass is 16.2. The summed E-state index contributed by atoms with van der Waals surface area (Å²) in [6.07, 6.45) is 3.11. The maximum Gasteiger partial charge on any atom is 0.224 e. The number of amides is 2. The molecule has 0 spiro atoms. The van der Waals surface area contributed by atoms with Crippen molar-refractivity contribution in [3.63, 3.8) is 0 Å². The molecule has 0 aliphatic carbocycles. The van der Waals surface area contributed by atoms with Crippen molar-refractivity contribution < 1.29 is 9.59 Å². The number of hydrogen-bond acceptors (Lipinski definition) is 4. The Bertz CT molecular complexity index is 513. The van der Waals surface area contributed by atoms with Crippen LogP contribution in [0, 0.1) is 0 Å². The standard InChI is InChI=1S/C17H26N4O2/c1-3-9-19(15(2)22)10-7-17(23)21-13-11-20(12-14-21)16-6-4-5-8-18-16/h4-6,8H,3,7,9-14H2,1-2H3. The van der Waals surface area contributed by atoms with E-state index in [9.17, 15) is 9.59 Å². The molecule has 1 saturated heterocycles. The predicted octanol–water partition coefficient (Wildman–Crippen LogP) is 1.38. The predicted molar refractivity (Wildman–Crippen MR) is 90.2 cm³/mol. The molecule has 23 heavy (non-hydrogen) atoms. The number of nitrogens with zero attached hydrogens (tertiary/aromatic N) is 4. The number of carbonyl (C=O) groups is 2. The van der Waals surface area contributed by atoms with Crippen molar-refractivity contribution in [3.05, 3.63) is 24.4 Å². The second kappa shape index (κ2) is 8.50. The van der Waals surface area contributed by atoms with Gasteiger partial charge in [0.1, 0.15) is 5.82 Å². The van der Waals surface area contributed by atoms with Crippen molar-refractivity contribution >= 4 is 17.6 Å². The van der Waals surface area contributed by atoms with E-state index in [-0.39, 0.29) is 11.8 Å². The van der Waals surface area contributed by atoms with Crippen LogP contribution in [0.5, 0.6) is 0 Å². The summed E-state index contributed by atoms with van der Waals surface area (Å²) in [5, 5.41) is 0. The van der Waals surface area contributed by atoms with Gasteiger partial charge in [-0.25, -0.2) is 4.98 Å². The fourth-order valence-corrected chi connectivity index (χ4v) is 2.81. The minimum atomic E-state index is 0.0413. The molecule has 0 bridgehead atoms. The SMILES string of the molecule is CCCN(CCC(=O)N1CCN(c2ccccn2)CC1)C(C)=O. The van der Waals surface area contributed by atoms with Gasteiger partial charge >= 0.3 is 0 Å². The summed E-state index contributed by atoms with van der Waals surface area (Å²) >= 11 is 0. The van der Waals surface area contributed by atoms with Gasteiger partial charge in [-0.1, -0.05) is 13.0 Å². The Kier molecular flexibility index (Phi) is 6.38. The molecule has 1 aromatic heterocycles. The molecule has 0 atom stereocenters. The number of rotatable bonds is 6. The molecule has 1 aromatic rings. The van der Waals surface area contributed by atoms with Gasteiger partial charge in [-0.05, 0) is 18.6 Å². The summed E-state index contributed by atoms with van der Waals surface area (Å²) in [5.74, 6) is 1.14. The van der Waals surface area contributed by atoms with E-state index in [1.54, 1.807) is 18.0 Å². The highest BCUT2D eigenvalue weighted by molar-refractivity contribution is 5.78. The van der Waals surface area contributed by atoms with Gasteiger partial charge in [0.05, 0.1) is 0 Å². The maximum atomic E-state index is 12.3. The Balaban J connectivity index is 1.78. The van der Waals surface area contributed by atoms with Gasteiger partial charge in [0.25, 0.3) is 0 Å². The van der Waals surface area contributed by atoms with Crippen molar-refractivity contribution in [2.45, 2.75) is 26.7 Å². The van der Waals surface area contributed by atoms with Gasteiger partial charge in [-0.3, -0.25) is 9.59 Å². The fraction of sp³-hybridized carbons (Fsp3) is 0.588. The Hall–Kier alpha value is -2.11. The number of anilines is 1. The van der Waals surface area contributed by atoms with Crippen molar-refractivity contribution in [1.29, 1.82) is 0 Å². The molecule has 1 aliphatic rings. The normalized spacial score (nSPS) is 14.7. The lowest BCUT2D eigenvalue weighted by atomic mass is 10.2. The Morgan fingerprint density at radius 2 is 1.91 bits per heavy atom. The highest BCUT2D eigenvalue weighted by Crippen LogP contribution is 2.13. The Morgan fingerprint density at radius 1 is 1.17 bits per heavy atom. The van der Waals surface area contributed by atoms with E-state index >= 15 is 0 Å². The molecule has 0 unspecified atom stereocenters. The lowest BCUT2D eigenvalue weighted by Gasteiger charge is -2.35. The van der Waals surface area contributed by atoms with Gasteiger partial charge in [0.2, 0.25) is 11.8 Å². The average Bonchev–Trinajstić information content (AvgIpc) is 2.59. The van der Waals surface area contributed by atoms with E-state index in [1.807, 2.05) is 30.0 Å². The van der Waals surface area contributed by atoms with Crippen LogP contribution >= 0.6 is 0 Å². The summed E-state index contributed by atoms with van der Waals surface area (Å²) in [4.78, 5) is 34.0. The molecule has 6 nitrogen and oxygen atoms in total. The Morgan fingerprint density at radius 3 is 2.48 bits per heavy atom. The van der Waals surface area contributed by atoms with E-state index in [0.29, 0.717) is 26.1 Å². The first kappa shape index (κ1) is 17.2. The van der Waals surface area contributed by atoms with E-state index < -0.39 is 0 Å². The molecule has 126 valence electrons. The van der Waals surface area contributed by atoms with Gasteiger partial charge in [0, 0.05) is 58.8 Å². The summed E-state index contributed by atoms with van der Waals surface area (Å²) < 4.78 is 0. The lowest BCUT2D eigenvalue weighted by Crippen LogP contribution is -2.49. The summed E-state index contributed by atoms with van der Waals surface area (Å²) in [6.45, 7) is 7.85. The summed E-state index contributed by atoms with van der Waals surface area (Å²) in [5.41, 5.74) is 0. The van der Waals surface area contributed by atoms with E-state index in [4.69, 9.17) is 0 Å². The molecule has 0 radical (unpaired) electrons. The summed E-state index contributed by atoms with van der Waals surface area (Å²) in [6, 6.07) is 5.87. The first-order valence-electron chi connectivity index (χ1n) is 8.31. The van der Waals surface area contributed by atoms with Gasteiger partial charge in [0.15, 0.2) is 0 Å². The molecule has 6 heteroatoms. The van der Waals surface area contributed by atoms with Crippen molar-refractivity contribution in [2.24, 2.45) is 0 Å². The minimum Gasteiger partial charge on any atom is -0.353 e. The van der Waals surface area contributed by atoms with Crippen LogP contribution in [0.3, 0.4) is 0 Å². The van der Waals surface area contributed by atoms with E-state index in [0.717, 1.165) is 31.9 Å². The van der Waals surface area contributed by atoms with Crippen LogP contribution in [0.2, 0.25) is 0 Å². The maximum absolute atomic E-state index is 12.3. The Labute approximate surface area is 138 Å². The number of pyridine rings is 1. The summed E-state index contributed by atoms with van der Waals surface area (Å²) in [7, 11) is 0. The smallest absolute Gasteiger partial charge is 0.224 e. The van der Waals surface area contributed by atoms with E-state index in [1.165, 1.54) is 0 Å². The van der Waals surface area contributed by atoms with Crippen molar-refractivity contribution in [2.75, 3.05) is 44.2 Å². The first-order chi connectivity index (χ1) is 11.1. The monoisotopic (exact) mass is 318 g/mol. The third-order valence-corrected chi connectivity index (χ3v) is 4.14. The number of piperazine rings is 1. The fourth-order valence-electron chi connectivity index (χ4n) is 2.81. The van der Waals surface area contributed by atoms with Crippen LogP contribution < -0.4 is 4.90 Å². The minimum absolute atomic E-state index is 0.0413. The molecule has 2 heterocycles. The largest absolute Gasteiger partial charge is 0.353 e. The van der Waals surface area contributed by atoms with Crippen LogP contribution in [0.1, 0.15) is 26.7 Å². The number of aromatic nitrogens is 1. The third-order valence-electron chi connectivity index (χ3n) is 4.14. The van der Waals surface area contributed by atoms with Crippen LogP contribution in [0.15, 0.2) is 24.4 Å². The third kappa shape index (κ3) is 4.94. The van der Waals surface area contributed by atoms with Gasteiger partial charge < -0.3 is 14.7 Å². The molecule has 2 amide bonds. The molecule has 1 aliphatic heterocycles. The second-order valence-electron chi connectivity index (χ2n) is 5.81. The van der Waals surface area contributed by atoms with Gasteiger partial charge in [-0.2, -0.15) is 0 Å². The molecule has 0 N–H and O–H groups in total. The topological polar surface area (TPSA) is 56.8 Å². The quantitative estimate of drug-likeness (QED) is 0.795. The molecule has 1 fully saturated rings. The number of carbonyl (C=O) groups excluding carboxylic acids is 2. The molecule has 0 aromatic carbocycles. The first-order valence-corrected chi connectivity index (χ1v) is 8.31. The molecular weight excluding hydrogens is 292 g/mol. The van der Waals surface area contributed by atoms with E-state index in [2.05, 4.69) is 9.88 Å². The van der Waals surface area contributed by atoms with Crippen molar-refractivity contribution in [1.82, 2.24) is 14.8 Å². The zero-order valence-corrected chi connectivity index (χ0v) is 14.1. The molecule has 0 saturated carbocycles. The highest BCUT2D eigenvalue weighted by Gasteiger charge is 2.22. The van der Waals surface area contributed by atoms with Crippen LogP contribution in [-0.4, -0.2) is 65.9 Å². The second-order valence-corrected chi connectivity index (χ2v) is 5.81. The zero-order chi connectivity index (χ0) is 16.7. The van der Waals surface area contributed by atoms with Gasteiger partial charge in [-0.15, -0.1) is 0 Å². The molecular formula is C17H26N4O2. The molecule has 2 rings (SSSR count). The lowest BCUT2D eigenvalue weighted by molar-refractivity contribution is -0.133.